The minimum atomic E-state index is -0.666. The Balaban J connectivity index is 1.81. The van der Waals surface area contributed by atoms with E-state index in [1.807, 2.05) is 24.3 Å². The molecule has 0 aliphatic carbocycles. The standard InChI is InChI=1S/C19H20FN3O3/c1-13(22-23-19(25)16-5-3-4-6-17(16)20)11-18(24)21-12-14-7-9-15(26-2)10-8-14/h3-10H,11-12H2,1-2H3,(H,21,24)(H,23,25)/b22-13+. The van der Waals surface area contributed by atoms with Gasteiger partial charge in [0.05, 0.1) is 19.1 Å². The first-order valence-electron chi connectivity index (χ1n) is 7.97. The van der Waals surface area contributed by atoms with Gasteiger partial charge in [-0.2, -0.15) is 5.10 Å². The second-order valence-corrected chi connectivity index (χ2v) is 5.57. The molecule has 7 heteroatoms. The average Bonchev–Trinajstić information content (AvgIpc) is 2.65. The monoisotopic (exact) mass is 357 g/mol. The quantitative estimate of drug-likeness (QED) is 0.591. The van der Waals surface area contributed by atoms with Crippen LogP contribution in [0, 0.1) is 5.82 Å². The third-order valence-electron chi connectivity index (χ3n) is 3.53. The lowest BCUT2D eigenvalue weighted by Gasteiger charge is -2.07. The van der Waals surface area contributed by atoms with Crippen molar-refractivity contribution in [1.82, 2.24) is 10.7 Å². The maximum Gasteiger partial charge on any atom is 0.274 e. The van der Waals surface area contributed by atoms with Gasteiger partial charge < -0.3 is 10.1 Å². The largest absolute Gasteiger partial charge is 0.497 e. The number of hydrogen-bond donors (Lipinski definition) is 2. The molecule has 26 heavy (non-hydrogen) atoms. The van der Waals surface area contributed by atoms with Crippen LogP contribution in [0.1, 0.15) is 29.3 Å². The summed E-state index contributed by atoms with van der Waals surface area (Å²) in [6.45, 7) is 1.98. The topological polar surface area (TPSA) is 79.8 Å². The van der Waals surface area contributed by atoms with E-state index in [4.69, 9.17) is 4.74 Å². The molecule has 136 valence electrons. The number of nitrogens with zero attached hydrogens (tertiary/aromatic N) is 1. The molecule has 0 spiro atoms. The van der Waals surface area contributed by atoms with Gasteiger partial charge in [-0.25, -0.2) is 9.82 Å². The van der Waals surface area contributed by atoms with Crippen LogP contribution in [-0.2, 0) is 11.3 Å². The van der Waals surface area contributed by atoms with Crippen LogP contribution in [0.2, 0.25) is 0 Å². The maximum atomic E-state index is 13.5. The van der Waals surface area contributed by atoms with E-state index in [1.54, 1.807) is 20.1 Å². The molecule has 2 amide bonds. The van der Waals surface area contributed by atoms with E-state index >= 15 is 0 Å². The smallest absolute Gasteiger partial charge is 0.274 e. The highest BCUT2D eigenvalue weighted by Gasteiger charge is 2.10. The number of hydrogen-bond acceptors (Lipinski definition) is 4. The molecule has 0 unspecified atom stereocenters. The highest BCUT2D eigenvalue weighted by molar-refractivity contribution is 6.01. The molecule has 2 aromatic rings. The van der Waals surface area contributed by atoms with Gasteiger partial charge in [0.1, 0.15) is 11.6 Å². The van der Waals surface area contributed by atoms with Gasteiger partial charge in [-0.15, -0.1) is 0 Å². The Bertz CT molecular complexity index is 804. The van der Waals surface area contributed by atoms with E-state index in [9.17, 15) is 14.0 Å². The predicted molar refractivity (Wildman–Crippen MR) is 96.4 cm³/mol. The molecule has 0 saturated carbocycles. The van der Waals surface area contributed by atoms with Crippen molar-refractivity contribution in [3.63, 3.8) is 0 Å². The first-order valence-corrected chi connectivity index (χ1v) is 7.97. The number of carbonyl (C=O) groups is 2. The van der Waals surface area contributed by atoms with Crippen LogP contribution in [0.3, 0.4) is 0 Å². The molecule has 2 N–H and O–H groups in total. The Labute approximate surface area is 151 Å². The summed E-state index contributed by atoms with van der Waals surface area (Å²) in [6, 6.07) is 12.9. The molecule has 6 nitrogen and oxygen atoms in total. The fourth-order valence-electron chi connectivity index (χ4n) is 2.13. The van der Waals surface area contributed by atoms with Crippen molar-refractivity contribution in [1.29, 1.82) is 0 Å². The van der Waals surface area contributed by atoms with Gasteiger partial charge in [0.25, 0.3) is 5.91 Å². The highest BCUT2D eigenvalue weighted by atomic mass is 19.1. The Hall–Kier alpha value is -3.22. The molecule has 0 heterocycles. The lowest BCUT2D eigenvalue weighted by Crippen LogP contribution is -2.26. The van der Waals surface area contributed by atoms with Crippen LogP contribution in [-0.4, -0.2) is 24.6 Å². The van der Waals surface area contributed by atoms with Gasteiger partial charge in [0.2, 0.25) is 5.91 Å². The summed E-state index contributed by atoms with van der Waals surface area (Å²) in [7, 11) is 1.59. The van der Waals surface area contributed by atoms with Gasteiger partial charge in [-0.3, -0.25) is 9.59 Å². The van der Waals surface area contributed by atoms with Crippen molar-refractivity contribution in [3.8, 4) is 5.75 Å². The van der Waals surface area contributed by atoms with E-state index < -0.39 is 11.7 Å². The minimum absolute atomic E-state index is 0.0215. The van der Waals surface area contributed by atoms with Crippen molar-refractivity contribution >= 4 is 17.5 Å². The first-order chi connectivity index (χ1) is 12.5. The van der Waals surface area contributed by atoms with Gasteiger partial charge in [-0.1, -0.05) is 24.3 Å². The summed E-state index contributed by atoms with van der Waals surface area (Å²) in [6.07, 6.45) is 0.0215. The molecule has 0 aromatic heterocycles. The summed E-state index contributed by atoms with van der Waals surface area (Å²) < 4.78 is 18.6. The summed E-state index contributed by atoms with van der Waals surface area (Å²) in [4.78, 5) is 23.8. The van der Waals surface area contributed by atoms with Crippen LogP contribution in [0.15, 0.2) is 53.6 Å². The summed E-state index contributed by atoms with van der Waals surface area (Å²) in [5, 5.41) is 6.59. The summed E-state index contributed by atoms with van der Waals surface area (Å²) in [5.74, 6) is -0.785. The number of nitrogens with one attached hydrogen (secondary N) is 2. The lowest BCUT2D eigenvalue weighted by molar-refractivity contribution is -0.120. The number of carbonyl (C=O) groups excluding carboxylic acids is 2. The number of methoxy groups -OCH3 is 1. The molecular weight excluding hydrogens is 337 g/mol. The Kier molecular flexibility index (Phi) is 6.84. The molecule has 0 radical (unpaired) electrons. The Morgan fingerprint density at radius 1 is 1.12 bits per heavy atom. The van der Waals surface area contributed by atoms with Gasteiger partial charge in [-0.05, 0) is 36.8 Å². The van der Waals surface area contributed by atoms with Crippen LogP contribution in [0.4, 0.5) is 4.39 Å². The normalized spacial score (nSPS) is 11.0. The fraction of sp³-hybridized carbons (Fsp3) is 0.211. The molecule has 2 aromatic carbocycles. The van der Waals surface area contributed by atoms with Crippen molar-refractivity contribution in [3.05, 3.63) is 65.5 Å². The Morgan fingerprint density at radius 2 is 1.81 bits per heavy atom. The van der Waals surface area contributed by atoms with Gasteiger partial charge >= 0.3 is 0 Å². The summed E-state index contributed by atoms with van der Waals surface area (Å²) in [5.41, 5.74) is 3.48. The Morgan fingerprint density at radius 3 is 2.46 bits per heavy atom. The van der Waals surface area contributed by atoms with Crippen LogP contribution >= 0.6 is 0 Å². The zero-order valence-electron chi connectivity index (χ0n) is 14.6. The van der Waals surface area contributed by atoms with E-state index in [0.717, 1.165) is 11.3 Å². The molecule has 2 rings (SSSR count). The fourth-order valence-corrected chi connectivity index (χ4v) is 2.13. The second-order valence-electron chi connectivity index (χ2n) is 5.57. The van der Waals surface area contributed by atoms with Crippen LogP contribution in [0.25, 0.3) is 0 Å². The molecule has 0 atom stereocenters. The first kappa shape index (κ1) is 19.1. The van der Waals surface area contributed by atoms with Crippen molar-refractivity contribution < 1.29 is 18.7 Å². The number of rotatable bonds is 7. The molecular formula is C19H20FN3O3. The van der Waals surface area contributed by atoms with Crippen molar-refractivity contribution in [2.45, 2.75) is 19.9 Å². The summed E-state index contributed by atoms with van der Waals surface area (Å²) >= 11 is 0. The van der Waals surface area contributed by atoms with Gasteiger partial charge in [0.15, 0.2) is 0 Å². The van der Waals surface area contributed by atoms with Gasteiger partial charge in [0, 0.05) is 12.3 Å². The predicted octanol–water partition coefficient (Wildman–Crippen LogP) is 2.65. The molecule has 0 aliphatic heterocycles. The number of amides is 2. The third kappa shape index (κ3) is 5.70. The number of hydrazone groups is 1. The second kappa shape index (κ2) is 9.31. The van der Waals surface area contributed by atoms with Crippen molar-refractivity contribution in [2.75, 3.05) is 7.11 Å². The molecule has 0 saturated heterocycles. The van der Waals surface area contributed by atoms with Crippen molar-refractivity contribution in [2.24, 2.45) is 5.10 Å². The van der Waals surface area contributed by atoms with E-state index in [1.165, 1.54) is 18.2 Å². The van der Waals surface area contributed by atoms with E-state index in [0.29, 0.717) is 12.3 Å². The molecule has 0 fully saturated rings. The lowest BCUT2D eigenvalue weighted by atomic mass is 10.2. The number of ether oxygens (including phenoxy) is 1. The highest BCUT2D eigenvalue weighted by Crippen LogP contribution is 2.11. The number of benzene rings is 2. The average molecular weight is 357 g/mol. The zero-order chi connectivity index (χ0) is 18.9. The van der Waals surface area contributed by atoms with Crippen LogP contribution < -0.4 is 15.5 Å². The third-order valence-corrected chi connectivity index (χ3v) is 3.53. The van der Waals surface area contributed by atoms with Crippen LogP contribution in [0.5, 0.6) is 5.75 Å². The van der Waals surface area contributed by atoms with E-state index in [-0.39, 0.29) is 17.9 Å². The maximum absolute atomic E-state index is 13.5. The SMILES string of the molecule is COc1ccc(CNC(=O)C/C(C)=N/NC(=O)c2ccccc2F)cc1. The minimum Gasteiger partial charge on any atom is -0.497 e. The zero-order valence-corrected chi connectivity index (χ0v) is 14.6. The number of halogens is 1. The van der Waals surface area contributed by atoms with E-state index in [2.05, 4.69) is 15.8 Å². The molecule has 0 aliphatic rings. The molecule has 0 bridgehead atoms.